The molecule has 2 bridgehead atoms. The van der Waals surface area contributed by atoms with E-state index in [9.17, 15) is 45.6 Å². The van der Waals surface area contributed by atoms with Gasteiger partial charge in [0.2, 0.25) is 6.79 Å². The maximum absolute atomic E-state index is 15.0. The van der Waals surface area contributed by atoms with Crippen LogP contribution in [0.15, 0.2) is 36.4 Å². The molecule has 4 heterocycles. The van der Waals surface area contributed by atoms with E-state index in [2.05, 4.69) is 6.07 Å². The van der Waals surface area contributed by atoms with Crippen LogP contribution in [-0.2, 0) is 38.3 Å². The molecule has 0 N–H and O–H groups in total. The molecule has 1 unspecified atom stereocenters. The molecule has 5 atom stereocenters. The van der Waals surface area contributed by atoms with Crippen molar-refractivity contribution in [3.63, 3.8) is 0 Å². The second-order valence-corrected chi connectivity index (χ2v) is 15.0. The minimum atomic E-state index is -6.82. The Morgan fingerprint density at radius 2 is 1.63 bits per heavy atom. The van der Waals surface area contributed by atoms with E-state index in [0.29, 0.717) is 35.5 Å². The lowest BCUT2D eigenvalue weighted by Crippen LogP contribution is -2.68. The topological polar surface area (TPSA) is 129 Å². The SMILES string of the molecule is COCOc1c(OC)c(C)cc2c1[C@@H]1C3Cc4c(OC(=O)C(F)(F)C(F)(F)C(F)(F)F)c(C)c5c(c4[C@H](COC(=O)CCc4ccccc4)N3[C@@H](C#N)[C@H](C2)N1C)OCO5. The average Bonchev–Trinajstić information content (AvgIpc) is 3.70. The van der Waals surface area contributed by atoms with Gasteiger partial charge >= 0.3 is 30.0 Å². The number of hydrogen-bond donors (Lipinski definition) is 0. The minimum absolute atomic E-state index is 0.000975. The highest BCUT2D eigenvalue weighted by molar-refractivity contribution is 5.83. The average molecular weight is 852 g/mol. The van der Waals surface area contributed by atoms with E-state index < -0.39 is 79.3 Å². The molecule has 0 saturated carbocycles. The predicted octanol–water partition coefficient (Wildman–Crippen LogP) is 6.71. The molecule has 0 radical (unpaired) electrons. The van der Waals surface area contributed by atoms with Crippen LogP contribution in [0.3, 0.4) is 0 Å². The smallest absolute Gasteiger partial charge is 0.460 e. The first-order valence-electron chi connectivity index (χ1n) is 18.8. The van der Waals surface area contributed by atoms with Crippen LogP contribution in [0.1, 0.15) is 57.4 Å². The minimum Gasteiger partial charge on any atom is -0.493 e. The molecule has 4 aliphatic rings. The van der Waals surface area contributed by atoms with Crippen molar-refractivity contribution in [2.45, 2.75) is 87.8 Å². The van der Waals surface area contributed by atoms with Crippen molar-refractivity contribution in [3.8, 4) is 34.8 Å². The monoisotopic (exact) mass is 851 g/mol. The molecule has 3 aromatic carbocycles. The lowest BCUT2D eigenvalue weighted by molar-refractivity contribution is -0.346. The fraction of sp³-hybridized carbons (Fsp3) is 0.488. The molecule has 19 heteroatoms. The van der Waals surface area contributed by atoms with Gasteiger partial charge in [-0.15, -0.1) is 0 Å². The number of piperazine rings is 1. The van der Waals surface area contributed by atoms with E-state index in [1.54, 1.807) is 11.9 Å². The van der Waals surface area contributed by atoms with Crippen LogP contribution in [0, 0.1) is 25.2 Å². The van der Waals surface area contributed by atoms with Crippen molar-refractivity contribution in [1.82, 2.24) is 9.80 Å². The predicted molar refractivity (Wildman–Crippen MR) is 194 cm³/mol. The van der Waals surface area contributed by atoms with E-state index in [1.807, 2.05) is 48.2 Å². The van der Waals surface area contributed by atoms with Crippen molar-refractivity contribution in [1.29, 1.82) is 5.26 Å². The summed E-state index contributed by atoms with van der Waals surface area (Å²) in [6.45, 7) is 1.92. The molecule has 0 amide bonds. The summed E-state index contributed by atoms with van der Waals surface area (Å²) in [6, 6.07) is 9.10. The molecule has 0 aliphatic carbocycles. The molecule has 12 nitrogen and oxygen atoms in total. The lowest BCUT2D eigenvalue weighted by atomic mass is 9.71. The molecule has 0 aromatic heterocycles. The van der Waals surface area contributed by atoms with Crippen LogP contribution >= 0.6 is 0 Å². The summed E-state index contributed by atoms with van der Waals surface area (Å²) in [7, 11) is 4.64. The number of carbonyl (C=O) groups is 2. The summed E-state index contributed by atoms with van der Waals surface area (Å²) in [4.78, 5) is 30.1. The number of ether oxygens (including phenoxy) is 7. The molecule has 60 heavy (non-hydrogen) atoms. The highest BCUT2D eigenvalue weighted by Gasteiger charge is 2.77. The normalized spacial score (nSPS) is 22.2. The van der Waals surface area contributed by atoms with Crippen LogP contribution in [0.4, 0.5) is 30.7 Å². The quantitative estimate of drug-likeness (QED) is 0.0832. The number of nitrogens with zero attached hydrogens (tertiary/aromatic N) is 3. The molecule has 3 aromatic rings. The van der Waals surface area contributed by atoms with Crippen molar-refractivity contribution in [2.24, 2.45) is 0 Å². The Hall–Kier alpha value is -5.32. The van der Waals surface area contributed by atoms with Gasteiger partial charge in [-0.2, -0.15) is 36.0 Å². The Balaban J connectivity index is 1.41. The van der Waals surface area contributed by atoms with Gasteiger partial charge in [-0.25, -0.2) is 4.79 Å². The number of nitriles is 1. The third kappa shape index (κ3) is 6.91. The first-order chi connectivity index (χ1) is 28.4. The second-order valence-electron chi connectivity index (χ2n) is 15.0. The number of alkyl halides is 7. The van der Waals surface area contributed by atoms with Gasteiger partial charge in [0.15, 0.2) is 29.8 Å². The Morgan fingerprint density at radius 3 is 2.28 bits per heavy atom. The Labute approximate surface area is 339 Å². The summed E-state index contributed by atoms with van der Waals surface area (Å²) < 4.78 is 138. The first kappa shape index (κ1) is 42.8. The van der Waals surface area contributed by atoms with Crippen LogP contribution < -0.4 is 23.7 Å². The molecular weight excluding hydrogens is 811 g/mol. The van der Waals surface area contributed by atoms with Crippen LogP contribution in [0.5, 0.6) is 28.7 Å². The summed E-state index contributed by atoms with van der Waals surface area (Å²) in [5.41, 5.74) is 2.68. The van der Waals surface area contributed by atoms with Crippen LogP contribution in [-0.4, -0.2) is 99.3 Å². The maximum Gasteiger partial charge on any atom is 0.460 e. The van der Waals surface area contributed by atoms with E-state index in [-0.39, 0.29) is 47.8 Å². The zero-order valence-corrected chi connectivity index (χ0v) is 33.0. The number of methoxy groups -OCH3 is 2. The number of halogens is 7. The molecule has 7 rings (SSSR count). The molecule has 0 spiro atoms. The highest BCUT2D eigenvalue weighted by Crippen LogP contribution is 2.59. The number of esters is 2. The highest BCUT2D eigenvalue weighted by atomic mass is 19.4. The van der Waals surface area contributed by atoms with Crippen LogP contribution in [0.2, 0.25) is 0 Å². The number of carbonyl (C=O) groups excluding carboxylic acids is 2. The number of likely N-dealkylation sites (N-methyl/N-ethyl adjacent to an activating group) is 1. The Kier molecular flexibility index (Phi) is 11.4. The van der Waals surface area contributed by atoms with Gasteiger partial charge in [-0.05, 0) is 56.8 Å². The molecule has 1 saturated heterocycles. The van der Waals surface area contributed by atoms with Crippen LogP contribution in [0.25, 0.3) is 0 Å². The van der Waals surface area contributed by atoms with Gasteiger partial charge in [0.05, 0.1) is 25.3 Å². The fourth-order valence-corrected chi connectivity index (χ4v) is 8.96. The summed E-state index contributed by atoms with van der Waals surface area (Å²) in [6.07, 6.45) is -6.53. The van der Waals surface area contributed by atoms with Crippen molar-refractivity contribution >= 4 is 11.9 Å². The second kappa shape index (κ2) is 15.9. The summed E-state index contributed by atoms with van der Waals surface area (Å²) >= 11 is 0. The summed E-state index contributed by atoms with van der Waals surface area (Å²) in [5.74, 6) is -17.3. The number of benzene rings is 3. The third-order valence-electron chi connectivity index (χ3n) is 11.6. The Morgan fingerprint density at radius 1 is 0.933 bits per heavy atom. The van der Waals surface area contributed by atoms with Gasteiger partial charge in [-0.3, -0.25) is 14.6 Å². The molecule has 1 fully saturated rings. The lowest BCUT2D eigenvalue weighted by Gasteiger charge is -2.59. The number of rotatable bonds is 12. The van der Waals surface area contributed by atoms with Gasteiger partial charge in [0, 0.05) is 47.9 Å². The van der Waals surface area contributed by atoms with Gasteiger partial charge < -0.3 is 33.2 Å². The summed E-state index contributed by atoms with van der Waals surface area (Å²) in [5, 5.41) is 11.0. The first-order valence-corrected chi connectivity index (χ1v) is 18.8. The van der Waals surface area contributed by atoms with Gasteiger partial charge in [0.25, 0.3) is 0 Å². The number of aryl methyl sites for hydroxylation is 2. The standard InChI is InChI=1S/C41H40F7N3O9/c1-20-13-23-14-25-27(16-49)51-26(32(50(25)3)30(23)36(33(20)55-5)57-18-54-4)15-24-31(28(51)17-56-29(52)12-11-22-9-7-6-8-10-22)37-35(58-19-59-37)21(2)34(24)60-38(53)39(42,43)40(44,45)41(46,47)48/h6-10,13,25-28,32H,11-12,14-15,17-19H2,1-5H3/t25-,26?,27-,28-,32-/m0/s1. The molecule has 4 aliphatic heterocycles. The van der Waals surface area contributed by atoms with Gasteiger partial charge in [-0.1, -0.05) is 36.4 Å². The fourth-order valence-electron chi connectivity index (χ4n) is 8.96. The maximum atomic E-state index is 15.0. The number of fused-ring (bicyclic) bond motifs is 9. The van der Waals surface area contributed by atoms with E-state index in [0.717, 1.165) is 11.1 Å². The third-order valence-corrected chi connectivity index (χ3v) is 11.6. The van der Waals surface area contributed by atoms with Gasteiger partial charge in [0.1, 0.15) is 18.4 Å². The molecular formula is C41H40F7N3O9. The largest absolute Gasteiger partial charge is 0.493 e. The van der Waals surface area contributed by atoms with Crippen molar-refractivity contribution in [2.75, 3.05) is 41.5 Å². The van der Waals surface area contributed by atoms with Crippen molar-refractivity contribution in [3.05, 3.63) is 75.3 Å². The van der Waals surface area contributed by atoms with E-state index >= 15 is 0 Å². The van der Waals surface area contributed by atoms with E-state index in [4.69, 9.17) is 33.2 Å². The zero-order chi connectivity index (χ0) is 43.5. The Bertz CT molecular complexity index is 2220. The van der Waals surface area contributed by atoms with E-state index in [1.165, 1.54) is 21.1 Å². The molecule has 322 valence electrons. The zero-order valence-electron chi connectivity index (χ0n) is 33.0. The van der Waals surface area contributed by atoms with Crippen molar-refractivity contribution < 1.29 is 73.5 Å². The number of hydrogen-bond acceptors (Lipinski definition) is 12.